The monoisotopic (exact) mass is 469 g/mol. The van der Waals surface area contributed by atoms with Crippen molar-refractivity contribution in [3.05, 3.63) is 66.2 Å². The van der Waals surface area contributed by atoms with Crippen LogP contribution in [0.15, 0.2) is 65.6 Å². The van der Waals surface area contributed by atoms with E-state index in [4.69, 9.17) is 4.74 Å². The number of alkyl halides is 4. The Kier molecular flexibility index (Phi) is 6.60. The number of carbonyl (C=O) groups excluding carboxylic acids is 2. The first-order valence-corrected chi connectivity index (χ1v) is 10.7. The molecular formula is C23H23F4NO3S. The fraction of sp³-hybridized carbons (Fsp3) is 0.391. The average molecular weight is 470 g/mol. The molecule has 0 aromatic heterocycles. The smallest absolute Gasteiger partial charge is 0.417 e. The molecule has 0 aliphatic carbocycles. The summed E-state index contributed by atoms with van der Waals surface area (Å²) in [5.74, 6) is -8.65. The number of ether oxygens (including phenoxy) is 1. The minimum atomic E-state index is -4.77. The Morgan fingerprint density at radius 3 is 2.06 bits per heavy atom. The van der Waals surface area contributed by atoms with Crippen LogP contribution in [0.5, 0.6) is 0 Å². The fourth-order valence-corrected chi connectivity index (χ4v) is 4.51. The Balaban J connectivity index is 1.99. The molecule has 1 heterocycles. The molecule has 0 N–H and O–H groups in total. The zero-order chi connectivity index (χ0) is 23.7. The molecule has 4 nitrogen and oxygen atoms in total. The number of benzene rings is 2. The lowest BCUT2D eigenvalue weighted by molar-refractivity contribution is -0.211. The van der Waals surface area contributed by atoms with Crippen molar-refractivity contribution in [2.24, 2.45) is 11.3 Å². The molecule has 2 unspecified atom stereocenters. The molecule has 0 bridgehead atoms. The van der Waals surface area contributed by atoms with Gasteiger partial charge in [-0.2, -0.15) is 17.6 Å². The van der Waals surface area contributed by atoms with Crippen LogP contribution in [0.2, 0.25) is 0 Å². The van der Waals surface area contributed by atoms with Crippen LogP contribution in [0.4, 0.5) is 22.4 Å². The molecule has 32 heavy (non-hydrogen) atoms. The highest BCUT2D eigenvalue weighted by atomic mass is 32.2. The van der Waals surface area contributed by atoms with E-state index in [0.29, 0.717) is 10.5 Å². The Labute approximate surface area is 187 Å². The second-order valence-electron chi connectivity index (χ2n) is 8.57. The fourth-order valence-electron chi connectivity index (χ4n) is 3.67. The first-order valence-electron chi connectivity index (χ1n) is 9.90. The lowest BCUT2D eigenvalue weighted by Crippen LogP contribution is -2.56. The molecule has 1 aliphatic rings. The number of hydrogen-bond acceptors (Lipinski definition) is 4. The van der Waals surface area contributed by atoms with E-state index in [-0.39, 0.29) is 23.3 Å². The molecule has 2 atom stereocenters. The molecule has 0 spiro atoms. The van der Waals surface area contributed by atoms with Gasteiger partial charge in [0, 0.05) is 4.90 Å². The van der Waals surface area contributed by atoms with Crippen molar-refractivity contribution in [3.63, 3.8) is 0 Å². The van der Waals surface area contributed by atoms with Gasteiger partial charge in [-0.25, -0.2) is 9.69 Å². The van der Waals surface area contributed by atoms with Gasteiger partial charge in [-0.05, 0) is 34.9 Å². The van der Waals surface area contributed by atoms with Crippen LogP contribution in [0, 0.1) is 11.3 Å². The molecule has 2 aromatic carbocycles. The summed E-state index contributed by atoms with van der Waals surface area (Å²) in [6, 6.07) is 14.3. The normalized spacial score (nSPS) is 18.4. The van der Waals surface area contributed by atoms with Crippen LogP contribution < -0.4 is 0 Å². The standard InChI is InChI=1S/C23H23F4NO3S/c1-21(2,3)18(22(24,25)23(26,27)32-16-12-8-5-9-13-16)19(29)28-17(14-31-20(28)30)15-10-6-4-7-11-15/h4-13,17-18H,14H2,1-3H3. The predicted octanol–water partition coefficient (Wildman–Crippen LogP) is 6.39. The predicted molar refractivity (Wildman–Crippen MR) is 113 cm³/mol. The molecule has 1 fully saturated rings. The lowest BCUT2D eigenvalue weighted by Gasteiger charge is -2.40. The first kappa shape index (κ1) is 24.1. The quantitative estimate of drug-likeness (QED) is 0.363. The van der Waals surface area contributed by atoms with E-state index in [1.807, 2.05) is 0 Å². The minimum absolute atomic E-state index is 0.0694. The Hall–Kier alpha value is -2.55. The third-order valence-electron chi connectivity index (χ3n) is 5.15. The van der Waals surface area contributed by atoms with Crippen LogP contribution in [0.1, 0.15) is 32.4 Å². The number of hydrogen-bond donors (Lipinski definition) is 0. The van der Waals surface area contributed by atoms with Crippen molar-refractivity contribution in [2.75, 3.05) is 6.61 Å². The summed E-state index contributed by atoms with van der Waals surface area (Å²) in [6.45, 7) is 3.56. The number of cyclic esters (lactones) is 1. The Bertz CT molecular complexity index is 964. The average Bonchev–Trinajstić information content (AvgIpc) is 3.09. The van der Waals surface area contributed by atoms with Crippen molar-refractivity contribution in [2.45, 2.75) is 42.9 Å². The topological polar surface area (TPSA) is 46.6 Å². The first-order chi connectivity index (χ1) is 14.9. The zero-order valence-electron chi connectivity index (χ0n) is 17.7. The van der Waals surface area contributed by atoms with E-state index in [2.05, 4.69) is 0 Å². The highest BCUT2D eigenvalue weighted by molar-refractivity contribution is 8.00. The van der Waals surface area contributed by atoms with Gasteiger partial charge >= 0.3 is 17.3 Å². The molecule has 172 valence electrons. The number of rotatable bonds is 6. The number of halogens is 4. The summed E-state index contributed by atoms with van der Waals surface area (Å²) in [4.78, 5) is 26.2. The molecular weight excluding hydrogens is 446 g/mol. The van der Waals surface area contributed by atoms with Crippen LogP contribution in [-0.4, -0.2) is 34.7 Å². The summed E-state index contributed by atoms with van der Waals surface area (Å²) < 4.78 is 65.7. The molecule has 0 radical (unpaired) electrons. The van der Waals surface area contributed by atoms with Gasteiger partial charge in [0.25, 0.3) is 0 Å². The van der Waals surface area contributed by atoms with Crippen LogP contribution in [-0.2, 0) is 9.53 Å². The molecule has 1 aliphatic heterocycles. The van der Waals surface area contributed by atoms with Gasteiger partial charge in [-0.15, -0.1) is 0 Å². The van der Waals surface area contributed by atoms with Gasteiger partial charge in [-0.1, -0.05) is 69.3 Å². The van der Waals surface area contributed by atoms with Gasteiger partial charge in [0.2, 0.25) is 5.91 Å². The van der Waals surface area contributed by atoms with Crippen molar-refractivity contribution in [3.8, 4) is 0 Å². The zero-order valence-corrected chi connectivity index (χ0v) is 18.5. The highest BCUT2D eigenvalue weighted by Crippen LogP contribution is 2.55. The summed E-state index contributed by atoms with van der Waals surface area (Å²) >= 11 is -0.315. The maximum absolute atomic E-state index is 15.4. The SMILES string of the molecule is CC(C)(C)C(C(=O)N1C(=O)OCC1c1ccccc1)C(F)(F)C(F)(F)Sc1ccccc1. The number of nitrogens with zero attached hydrogens (tertiary/aromatic N) is 1. The molecule has 2 aromatic rings. The number of carbonyl (C=O) groups is 2. The third-order valence-corrected chi connectivity index (χ3v) is 6.18. The van der Waals surface area contributed by atoms with Gasteiger partial charge in [0.05, 0.1) is 0 Å². The van der Waals surface area contributed by atoms with E-state index < -0.39 is 40.6 Å². The van der Waals surface area contributed by atoms with Crippen LogP contribution >= 0.6 is 11.8 Å². The molecule has 9 heteroatoms. The number of amides is 2. The third kappa shape index (κ3) is 4.62. The van der Waals surface area contributed by atoms with E-state index >= 15 is 8.78 Å². The largest absolute Gasteiger partial charge is 0.446 e. The van der Waals surface area contributed by atoms with Gasteiger partial charge in [0.1, 0.15) is 18.6 Å². The van der Waals surface area contributed by atoms with Crippen LogP contribution in [0.25, 0.3) is 0 Å². The Morgan fingerprint density at radius 1 is 1.00 bits per heavy atom. The second-order valence-corrected chi connectivity index (χ2v) is 9.75. The number of thioether (sulfide) groups is 1. The van der Waals surface area contributed by atoms with E-state index in [9.17, 15) is 18.4 Å². The second kappa shape index (κ2) is 8.77. The van der Waals surface area contributed by atoms with Crippen molar-refractivity contribution in [1.29, 1.82) is 0 Å². The summed E-state index contributed by atoms with van der Waals surface area (Å²) in [5.41, 5.74) is -1.11. The molecule has 2 amide bonds. The lowest BCUT2D eigenvalue weighted by atomic mass is 9.75. The molecule has 3 rings (SSSR count). The maximum atomic E-state index is 15.4. The van der Waals surface area contributed by atoms with Crippen molar-refractivity contribution >= 4 is 23.8 Å². The summed E-state index contributed by atoms with van der Waals surface area (Å²) in [6.07, 6.45) is -1.13. The minimum Gasteiger partial charge on any atom is -0.446 e. The molecule has 1 saturated heterocycles. The van der Waals surface area contributed by atoms with E-state index in [1.54, 1.807) is 36.4 Å². The Morgan fingerprint density at radius 2 is 1.53 bits per heavy atom. The van der Waals surface area contributed by atoms with Gasteiger partial charge < -0.3 is 4.74 Å². The number of imide groups is 1. The maximum Gasteiger partial charge on any atom is 0.417 e. The summed E-state index contributed by atoms with van der Waals surface area (Å²) in [7, 11) is 0. The van der Waals surface area contributed by atoms with Crippen LogP contribution in [0.3, 0.4) is 0 Å². The van der Waals surface area contributed by atoms with E-state index in [0.717, 1.165) is 0 Å². The molecule has 0 saturated carbocycles. The summed E-state index contributed by atoms with van der Waals surface area (Å²) in [5, 5.41) is -4.62. The van der Waals surface area contributed by atoms with Gasteiger partial charge in [-0.3, -0.25) is 4.79 Å². The van der Waals surface area contributed by atoms with Gasteiger partial charge in [0.15, 0.2) is 0 Å². The van der Waals surface area contributed by atoms with Crippen molar-refractivity contribution < 1.29 is 31.9 Å². The highest BCUT2D eigenvalue weighted by Gasteiger charge is 2.68. The van der Waals surface area contributed by atoms with Crippen molar-refractivity contribution in [1.82, 2.24) is 4.90 Å². The van der Waals surface area contributed by atoms with E-state index in [1.165, 1.54) is 45.0 Å².